The Morgan fingerprint density at radius 1 is 1.39 bits per heavy atom. The van der Waals surface area contributed by atoms with Crippen molar-refractivity contribution in [1.29, 1.82) is 0 Å². The van der Waals surface area contributed by atoms with Gasteiger partial charge < -0.3 is 5.73 Å². The summed E-state index contributed by atoms with van der Waals surface area (Å²) in [4.78, 5) is 5.90. The van der Waals surface area contributed by atoms with E-state index in [2.05, 4.69) is 53.0 Å². The molecule has 0 radical (unpaired) electrons. The fourth-order valence-electron chi connectivity index (χ4n) is 1.94. The summed E-state index contributed by atoms with van der Waals surface area (Å²) in [5.74, 6) is 0.340. The van der Waals surface area contributed by atoms with E-state index in [1.54, 1.807) is 11.3 Å². The van der Waals surface area contributed by atoms with Gasteiger partial charge in [-0.2, -0.15) is 0 Å². The largest absolute Gasteiger partial charge is 0.330 e. The molecule has 1 unspecified atom stereocenters. The molecule has 1 aromatic heterocycles. The van der Waals surface area contributed by atoms with Gasteiger partial charge in [0, 0.05) is 21.7 Å². The summed E-state index contributed by atoms with van der Waals surface area (Å²) in [5, 5.41) is 1.18. The molecular weight excluding hydrogens is 308 g/mol. The lowest BCUT2D eigenvalue weighted by atomic mass is 9.96. The lowest BCUT2D eigenvalue weighted by Gasteiger charge is -2.13. The van der Waals surface area contributed by atoms with E-state index >= 15 is 0 Å². The Morgan fingerprint density at radius 2 is 2.17 bits per heavy atom. The maximum atomic E-state index is 5.91. The van der Waals surface area contributed by atoms with Gasteiger partial charge in [0.15, 0.2) is 0 Å². The fraction of sp³-hybridized carbons (Fsp3) is 0.357. The van der Waals surface area contributed by atoms with Crippen LogP contribution in [0.3, 0.4) is 0 Å². The summed E-state index contributed by atoms with van der Waals surface area (Å²) in [6, 6.07) is 8.37. The second kappa shape index (κ2) is 5.95. The molecule has 96 valence electrons. The van der Waals surface area contributed by atoms with Crippen LogP contribution in [-0.4, -0.2) is 11.5 Å². The summed E-state index contributed by atoms with van der Waals surface area (Å²) in [6.07, 6.45) is 0.923. The highest BCUT2D eigenvalue weighted by Gasteiger charge is 2.14. The topological polar surface area (TPSA) is 38.9 Å². The number of aryl methyl sites for hydroxylation is 2. The Hall–Kier alpha value is -0.710. The van der Waals surface area contributed by atoms with Crippen LogP contribution < -0.4 is 5.73 Å². The summed E-state index contributed by atoms with van der Waals surface area (Å²) in [6.45, 7) is 4.83. The number of thiazole rings is 1. The molecule has 2 rings (SSSR count). The molecule has 4 heteroatoms. The van der Waals surface area contributed by atoms with Crippen LogP contribution >= 0.6 is 27.3 Å². The van der Waals surface area contributed by atoms with Crippen LogP contribution in [0.25, 0.3) is 0 Å². The van der Waals surface area contributed by atoms with E-state index in [9.17, 15) is 0 Å². The molecule has 0 saturated carbocycles. The van der Waals surface area contributed by atoms with Crippen LogP contribution in [0.15, 0.2) is 28.7 Å². The maximum absolute atomic E-state index is 5.91. The van der Waals surface area contributed by atoms with Crippen molar-refractivity contribution in [3.05, 3.63) is 49.9 Å². The third-order valence-electron chi connectivity index (χ3n) is 3.10. The van der Waals surface area contributed by atoms with Crippen LogP contribution in [0.5, 0.6) is 0 Å². The Balaban J connectivity index is 2.19. The Kier molecular flexibility index (Phi) is 4.54. The molecule has 2 N–H and O–H groups in total. The van der Waals surface area contributed by atoms with Gasteiger partial charge >= 0.3 is 0 Å². The standard InChI is InChI=1S/C14H17BrN2S/c1-9-10(2)18-14(17-9)7-12(8-16)11-4-3-5-13(15)6-11/h3-6,12H,7-8,16H2,1-2H3. The molecule has 0 aliphatic carbocycles. The van der Waals surface area contributed by atoms with Gasteiger partial charge in [0.1, 0.15) is 0 Å². The number of nitrogens with zero attached hydrogens (tertiary/aromatic N) is 1. The van der Waals surface area contributed by atoms with Crippen molar-refractivity contribution >= 4 is 27.3 Å². The normalized spacial score (nSPS) is 12.7. The van der Waals surface area contributed by atoms with Crippen molar-refractivity contribution in [3.8, 4) is 0 Å². The van der Waals surface area contributed by atoms with Gasteiger partial charge in [0.25, 0.3) is 0 Å². The lowest BCUT2D eigenvalue weighted by Crippen LogP contribution is -2.15. The van der Waals surface area contributed by atoms with Crippen LogP contribution in [-0.2, 0) is 6.42 Å². The first-order valence-electron chi connectivity index (χ1n) is 5.98. The average Bonchev–Trinajstić information content (AvgIpc) is 2.65. The van der Waals surface area contributed by atoms with Crippen molar-refractivity contribution < 1.29 is 0 Å². The van der Waals surface area contributed by atoms with Crippen LogP contribution in [0.2, 0.25) is 0 Å². The molecule has 0 aliphatic rings. The number of hydrogen-bond acceptors (Lipinski definition) is 3. The van der Waals surface area contributed by atoms with E-state index in [1.165, 1.54) is 15.4 Å². The molecule has 1 aromatic carbocycles. The number of aromatic nitrogens is 1. The smallest absolute Gasteiger partial charge is 0.0937 e. The molecule has 2 aromatic rings. The number of nitrogens with two attached hydrogens (primary N) is 1. The Morgan fingerprint density at radius 3 is 2.72 bits per heavy atom. The molecule has 0 fully saturated rings. The number of halogens is 1. The highest BCUT2D eigenvalue weighted by atomic mass is 79.9. The molecule has 0 spiro atoms. The third-order valence-corrected chi connectivity index (χ3v) is 4.69. The lowest BCUT2D eigenvalue weighted by molar-refractivity contribution is 0.690. The zero-order chi connectivity index (χ0) is 13.1. The van der Waals surface area contributed by atoms with E-state index < -0.39 is 0 Å². The number of hydrogen-bond donors (Lipinski definition) is 1. The van der Waals surface area contributed by atoms with Crippen molar-refractivity contribution in [2.24, 2.45) is 5.73 Å². The molecule has 0 bridgehead atoms. The Labute approximate surface area is 120 Å². The van der Waals surface area contributed by atoms with Crippen molar-refractivity contribution in [2.45, 2.75) is 26.2 Å². The van der Waals surface area contributed by atoms with Crippen molar-refractivity contribution in [2.75, 3.05) is 6.54 Å². The Bertz CT molecular complexity index is 517. The first-order valence-corrected chi connectivity index (χ1v) is 7.59. The zero-order valence-electron chi connectivity index (χ0n) is 10.6. The van der Waals surface area contributed by atoms with E-state index in [0.29, 0.717) is 12.5 Å². The summed E-state index contributed by atoms with van der Waals surface area (Å²) < 4.78 is 1.10. The van der Waals surface area contributed by atoms with Crippen LogP contribution in [0.1, 0.15) is 27.1 Å². The predicted molar refractivity (Wildman–Crippen MR) is 81.2 cm³/mol. The molecule has 0 saturated heterocycles. The van der Waals surface area contributed by atoms with Gasteiger partial charge in [-0.3, -0.25) is 0 Å². The van der Waals surface area contributed by atoms with E-state index in [-0.39, 0.29) is 0 Å². The average molecular weight is 325 g/mol. The number of rotatable bonds is 4. The van der Waals surface area contributed by atoms with Crippen molar-refractivity contribution in [3.63, 3.8) is 0 Å². The second-order valence-corrected chi connectivity index (χ2v) is 6.64. The predicted octanol–water partition coefficient (Wildman–Crippen LogP) is 3.81. The highest BCUT2D eigenvalue weighted by Crippen LogP contribution is 2.26. The van der Waals surface area contributed by atoms with Crippen LogP contribution in [0.4, 0.5) is 0 Å². The molecule has 18 heavy (non-hydrogen) atoms. The second-order valence-electron chi connectivity index (χ2n) is 4.44. The molecule has 2 nitrogen and oxygen atoms in total. The van der Waals surface area contributed by atoms with Gasteiger partial charge in [-0.25, -0.2) is 4.98 Å². The molecule has 1 heterocycles. The van der Waals surface area contributed by atoms with Gasteiger partial charge in [0.2, 0.25) is 0 Å². The first-order chi connectivity index (χ1) is 8.60. The van der Waals surface area contributed by atoms with E-state index in [4.69, 9.17) is 5.73 Å². The van der Waals surface area contributed by atoms with Gasteiger partial charge in [-0.15, -0.1) is 11.3 Å². The van der Waals surface area contributed by atoms with Crippen LogP contribution in [0, 0.1) is 13.8 Å². The van der Waals surface area contributed by atoms with Gasteiger partial charge in [0.05, 0.1) is 10.7 Å². The molecule has 0 amide bonds. The molecule has 0 aliphatic heterocycles. The maximum Gasteiger partial charge on any atom is 0.0937 e. The van der Waals surface area contributed by atoms with Crippen molar-refractivity contribution in [1.82, 2.24) is 4.98 Å². The SMILES string of the molecule is Cc1nc(CC(CN)c2cccc(Br)c2)sc1C. The minimum absolute atomic E-state index is 0.340. The quantitative estimate of drug-likeness (QED) is 0.928. The third kappa shape index (κ3) is 3.19. The van der Waals surface area contributed by atoms with E-state index in [0.717, 1.165) is 16.6 Å². The number of benzene rings is 1. The molecular formula is C14H17BrN2S. The minimum atomic E-state index is 0.340. The fourth-order valence-corrected chi connectivity index (χ4v) is 3.37. The van der Waals surface area contributed by atoms with Gasteiger partial charge in [-0.05, 0) is 38.1 Å². The van der Waals surface area contributed by atoms with E-state index in [1.807, 2.05) is 6.07 Å². The first kappa shape index (κ1) is 13.7. The zero-order valence-corrected chi connectivity index (χ0v) is 13.0. The summed E-state index contributed by atoms with van der Waals surface area (Å²) in [7, 11) is 0. The highest BCUT2D eigenvalue weighted by molar-refractivity contribution is 9.10. The summed E-state index contributed by atoms with van der Waals surface area (Å²) >= 11 is 5.29. The summed E-state index contributed by atoms with van der Waals surface area (Å²) in [5.41, 5.74) is 8.32. The minimum Gasteiger partial charge on any atom is -0.330 e. The molecule has 1 atom stereocenters. The van der Waals surface area contributed by atoms with Gasteiger partial charge in [-0.1, -0.05) is 28.1 Å². The monoisotopic (exact) mass is 324 g/mol.